The number of hydrogen-bond acceptors (Lipinski definition) is 5. The SMILES string of the molecule is COc1ccccc1C(CNC(=O)CCC(=O)N1CCC(c2ccccc2)=N1)N1CCCC1. The number of methoxy groups -OCH3 is 1. The monoisotopic (exact) mass is 448 g/mol. The number of nitrogens with zero attached hydrogens (tertiary/aromatic N) is 3. The van der Waals surface area contributed by atoms with Gasteiger partial charge >= 0.3 is 0 Å². The Morgan fingerprint density at radius 3 is 2.48 bits per heavy atom. The van der Waals surface area contributed by atoms with Crippen molar-refractivity contribution in [3.8, 4) is 5.75 Å². The van der Waals surface area contributed by atoms with Crippen LogP contribution in [0.4, 0.5) is 0 Å². The quantitative estimate of drug-likeness (QED) is 0.638. The Morgan fingerprint density at radius 2 is 1.73 bits per heavy atom. The van der Waals surface area contributed by atoms with Crippen molar-refractivity contribution in [3.63, 3.8) is 0 Å². The Hall–Kier alpha value is -3.19. The van der Waals surface area contributed by atoms with E-state index in [2.05, 4.69) is 21.4 Å². The summed E-state index contributed by atoms with van der Waals surface area (Å²) in [5, 5.41) is 9.01. The van der Waals surface area contributed by atoms with E-state index in [-0.39, 0.29) is 30.7 Å². The number of carbonyl (C=O) groups is 2. The van der Waals surface area contributed by atoms with E-state index in [9.17, 15) is 9.59 Å². The minimum absolute atomic E-state index is 0.0555. The van der Waals surface area contributed by atoms with Gasteiger partial charge in [-0.15, -0.1) is 0 Å². The van der Waals surface area contributed by atoms with Gasteiger partial charge in [-0.3, -0.25) is 14.5 Å². The molecule has 0 saturated carbocycles. The summed E-state index contributed by atoms with van der Waals surface area (Å²) >= 11 is 0. The zero-order valence-electron chi connectivity index (χ0n) is 19.2. The third-order valence-corrected chi connectivity index (χ3v) is 6.33. The van der Waals surface area contributed by atoms with Crippen molar-refractivity contribution in [2.24, 2.45) is 5.10 Å². The van der Waals surface area contributed by atoms with E-state index < -0.39 is 0 Å². The molecule has 0 bridgehead atoms. The van der Waals surface area contributed by atoms with Crippen LogP contribution in [0.15, 0.2) is 59.7 Å². The molecule has 7 heteroatoms. The summed E-state index contributed by atoms with van der Waals surface area (Å²) in [6.07, 6.45) is 3.37. The largest absolute Gasteiger partial charge is 0.496 e. The number of likely N-dealkylation sites (tertiary alicyclic amines) is 1. The second kappa shape index (κ2) is 11.1. The fraction of sp³-hybridized carbons (Fsp3) is 0.423. The van der Waals surface area contributed by atoms with Crippen molar-refractivity contribution in [1.82, 2.24) is 15.2 Å². The van der Waals surface area contributed by atoms with E-state index in [1.165, 1.54) is 5.01 Å². The lowest BCUT2D eigenvalue weighted by Crippen LogP contribution is -2.37. The zero-order valence-corrected chi connectivity index (χ0v) is 19.2. The molecule has 2 heterocycles. The lowest BCUT2D eigenvalue weighted by Gasteiger charge is -2.29. The van der Waals surface area contributed by atoms with Crippen molar-refractivity contribution in [2.45, 2.75) is 38.1 Å². The van der Waals surface area contributed by atoms with E-state index >= 15 is 0 Å². The molecule has 2 aromatic rings. The van der Waals surface area contributed by atoms with Gasteiger partial charge in [0.2, 0.25) is 11.8 Å². The summed E-state index contributed by atoms with van der Waals surface area (Å²) in [7, 11) is 1.67. The molecule has 1 N–H and O–H groups in total. The van der Waals surface area contributed by atoms with Crippen LogP contribution in [-0.4, -0.2) is 60.7 Å². The van der Waals surface area contributed by atoms with Crippen molar-refractivity contribution in [3.05, 3.63) is 65.7 Å². The first kappa shape index (κ1) is 23.0. The maximum absolute atomic E-state index is 12.6. The first-order chi connectivity index (χ1) is 16.2. The molecular weight excluding hydrogens is 416 g/mol. The fourth-order valence-electron chi connectivity index (χ4n) is 4.55. The predicted octanol–water partition coefficient (Wildman–Crippen LogP) is 3.37. The lowest BCUT2D eigenvalue weighted by molar-refractivity contribution is -0.133. The molecule has 1 fully saturated rings. The predicted molar refractivity (Wildman–Crippen MR) is 128 cm³/mol. The first-order valence-electron chi connectivity index (χ1n) is 11.7. The molecule has 4 rings (SSSR count). The normalized spacial score (nSPS) is 17.0. The van der Waals surface area contributed by atoms with E-state index in [0.29, 0.717) is 13.1 Å². The Kier molecular flexibility index (Phi) is 7.73. The Morgan fingerprint density at radius 1 is 1.00 bits per heavy atom. The molecule has 7 nitrogen and oxygen atoms in total. The number of rotatable bonds is 9. The van der Waals surface area contributed by atoms with Gasteiger partial charge in [-0.1, -0.05) is 48.5 Å². The highest BCUT2D eigenvalue weighted by atomic mass is 16.5. The second-order valence-electron chi connectivity index (χ2n) is 8.48. The van der Waals surface area contributed by atoms with Gasteiger partial charge in [-0.25, -0.2) is 5.01 Å². The van der Waals surface area contributed by atoms with Crippen LogP contribution in [-0.2, 0) is 9.59 Å². The molecule has 1 saturated heterocycles. The Labute approximate surface area is 195 Å². The molecule has 2 aromatic carbocycles. The summed E-state index contributed by atoms with van der Waals surface area (Å²) in [5.41, 5.74) is 3.03. The standard InChI is InChI=1S/C26H32N4O3/c1-33-24-12-6-5-11-21(24)23(29-16-7-8-17-29)19-27-25(31)13-14-26(32)30-18-15-22(28-30)20-9-3-2-4-10-20/h2-6,9-12,23H,7-8,13-19H2,1H3,(H,27,31). The minimum Gasteiger partial charge on any atom is -0.496 e. The van der Waals surface area contributed by atoms with Gasteiger partial charge in [0.25, 0.3) is 0 Å². The summed E-state index contributed by atoms with van der Waals surface area (Å²) in [4.78, 5) is 27.6. The van der Waals surface area contributed by atoms with E-state index in [1.807, 2.05) is 48.5 Å². The van der Waals surface area contributed by atoms with Gasteiger partial charge in [0.15, 0.2) is 0 Å². The van der Waals surface area contributed by atoms with Crippen LogP contribution >= 0.6 is 0 Å². The molecule has 0 spiro atoms. The van der Waals surface area contributed by atoms with Gasteiger partial charge in [0.1, 0.15) is 5.75 Å². The van der Waals surface area contributed by atoms with E-state index in [4.69, 9.17) is 4.74 Å². The van der Waals surface area contributed by atoms with Crippen molar-refractivity contribution in [1.29, 1.82) is 0 Å². The minimum atomic E-state index is -0.117. The van der Waals surface area contributed by atoms with Crippen molar-refractivity contribution in [2.75, 3.05) is 33.3 Å². The van der Waals surface area contributed by atoms with Gasteiger partial charge < -0.3 is 10.1 Å². The highest BCUT2D eigenvalue weighted by molar-refractivity contribution is 6.02. The Bertz CT molecular complexity index is 986. The van der Waals surface area contributed by atoms with E-state index in [1.54, 1.807) is 7.11 Å². The van der Waals surface area contributed by atoms with Gasteiger partial charge in [0, 0.05) is 31.4 Å². The van der Waals surface area contributed by atoms with Crippen LogP contribution in [0, 0.1) is 0 Å². The molecule has 2 aliphatic heterocycles. The van der Waals surface area contributed by atoms with Crippen LogP contribution in [0.25, 0.3) is 0 Å². The third-order valence-electron chi connectivity index (χ3n) is 6.33. The molecule has 0 aliphatic carbocycles. The zero-order chi connectivity index (χ0) is 23.0. The average Bonchev–Trinajstić information content (AvgIpc) is 3.56. The molecule has 1 atom stereocenters. The molecule has 2 aliphatic rings. The van der Waals surface area contributed by atoms with Gasteiger partial charge in [0.05, 0.1) is 25.4 Å². The van der Waals surface area contributed by atoms with Crippen LogP contribution < -0.4 is 10.1 Å². The molecule has 0 aromatic heterocycles. The highest BCUT2D eigenvalue weighted by Gasteiger charge is 2.27. The van der Waals surface area contributed by atoms with Crippen molar-refractivity contribution >= 4 is 17.5 Å². The number of ether oxygens (including phenoxy) is 1. The summed E-state index contributed by atoms with van der Waals surface area (Å²) < 4.78 is 5.57. The number of para-hydroxylation sites is 1. The smallest absolute Gasteiger partial charge is 0.243 e. The molecular formula is C26H32N4O3. The van der Waals surface area contributed by atoms with Crippen LogP contribution in [0.2, 0.25) is 0 Å². The van der Waals surface area contributed by atoms with Gasteiger partial charge in [-0.2, -0.15) is 5.10 Å². The summed E-state index contributed by atoms with van der Waals surface area (Å²) in [5.74, 6) is 0.603. The molecule has 33 heavy (non-hydrogen) atoms. The number of amides is 2. The topological polar surface area (TPSA) is 74.2 Å². The summed E-state index contributed by atoms with van der Waals surface area (Å²) in [6, 6.07) is 17.9. The molecule has 2 amide bonds. The molecule has 0 radical (unpaired) electrons. The lowest BCUT2D eigenvalue weighted by atomic mass is 10.0. The highest BCUT2D eigenvalue weighted by Crippen LogP contribution is 2.31. The first-order valence-corrected chi connectivity index (χ1v) is 11.7. The molecule has 1 unspecified atom stereocenters. The second-order valence-corrected chi connectivity index (χ2v) is 8.48. The van der Waals surface area contributed by atoms with Gasteiger partial charge in [-0.05, 0) is 37.6 Å². The number of benzene rings is 2. The number of hydrazone groups is 1. The maximum Gasteiger partial charge on any atom is 0.243 e. The average molecular weight is 449 g/mol. The number of nitrogens with one attached hydrogen (secondary N) is 1. The van der Waals surface area contributed by atoms with Crippen LogP contribution in [0.3, 0.4) is 0 Å². The van der Waals surface area contributed by atoms with Crippen LogP contribution in [0.5, 0.6) is 5.75 Å². The molecule has 174 valence electrons. The maximum atomic E-state index is 12.6. The van der Waals surface area contributed by atoms with Crippen molar-refractivity contribution < 1.29 is 14.3 Å². The van der Waals surface area contributed by atoms with Crippen LogP contribution in [0.1, 0.15) is 49.3 Å². The Balaban J connectivity index is 1.30. The third kappa shape index (κ3) is 5.79. The fourth-order valence-corrected chi connectivity index (χ4v) is 4.55. The summed E-state index contributed by atoms with van der Waals surface area (Å²) in [6.45, 7) is 3.07. The number of carbonyl (C=O) groups excluding carboxylic acids is 2. The van der Waals surface area contributed by atoms with E-state index in [0.717, 1.165) is 54.9 Å². The number of hydrogen-bond donors (Lipinski definition) is 1.